The summed E-state index contributed by atoms with van der Waals surface area (Å²) in [5.74, 6) is -0.987. The Balaban J connectivity index is 2.07. The third-order valence-electron chi connectivity index (χ3n) is 3.90. The molecule has 1 aromatic rings. The van der Waals surface area contributed by atoms with Crippen molar-refractivity contribution in [2.75, 3.05) is 26.7 Å². The molecule has 20 heavy (non-hydrogen) atoms. The Labute approximate surface area is 118 Å². The molecule has 1 unspecified atom stereocenters. The van der Waals surface area contributed by atoms with Crippen LogP contribution >= 0.6 is 0 Å². The van der Waals surface area contributed by atoms with E-state index in [0.29, 0.717) is 24.7 Å². The molecule has 1 heterocycles. The van der Waals surface area contributed by atoms with Gasteiger partial charge in [0.25, 0.3) is 0 Å². The van der Waals surface area contributed by atoms with Crippen LogP contribution in [0.2, 0.25) is 0 Å². The predicted octanol–water partition coefficient (Wildman–Crippen LogP) is 1.09. The molecule has 1 aliphatic rings. The van der Waals surface area contributed by atoms with Gasteiger partial charge in [0.05, 0.1) is 12.0 Å². The van der Waals surface area contributed by atoms with E-state index in [-0.39, 0.29) is 17.9 Å². The van der Waals surface area contributed by atoms with Gasteiger partial charge in [-0.05, 0) is 25.6 Å². The first-order valence-electron chi connectivity index (χ1n) is 6.78. The van der Waals surface area contributed by atoms with Crippen molar-refractivity contribution in [1.29, 1.82) is 0 Å². The van der Waals surface area contributed by atoms with E-state index in [9.17, 15) is 9.59 Å². The van der Waals surface area contributed by atoms with Crippen molar-refractivity contribution in [3.8, 4) is 0 Å². The van der Waals surface area contributed by atoms with Gasteiger partial charge in [0.15, 0.2) is 0 Å². The standard InChI is InChI=1S/C15H20N2O3/c1-11-10-17(8-7-16(11)2)14(18)9-12-5-3-4-6-13(12)15(19)20/h3-6,11H,7-10H2,1-2H3,(H,19,20). The number of amides is 1. The molecule has 1 atom stereocenters. The number of hydrogen-bond acceptors (Lipinski definition) is 3. The number of likely N-dealkylation sites (N-methyl/N-ethyl adjacent to an activating group) is 1. The van der Waals surface area contributed by atoms with Crippen LogP contribution in [-0.2, 0) is 11.2 Å². The first-order valence-corrected chi connectivity index (χ1v) is 6.78. The molecule has 0 spiro atoms. The Bertz CT molecular complexity index is 516. The molecular weight excluding hydrogens is 256 g/mol. The van der Waals surface area contributed by atoms with E-state index in [2.05, 4.69) is 11.8 Å². The van der Waals surface area contributed by atoms with Crippen LogP contribution in [0.4, 0.5) is 0 Å². The monoisotopic (exact) mass is 276 g/mol. The third kappa shape index (κ3) is 3.17. The summed E-state index contributed by atoms with van der Waals surface area (Å²) in [4.78, 5) is 27.5. The summed E-state index contributed by atoms with van der Waals surface area (Å²) in [7, 11) is 2.05. The summed E-state index contributed by atoms with van der Waals surface area (Å²) in [6.45, 7) is 4.34. The number of carbonyl (C=O) groups is 2. The van der Waals surface area contributed by atoms with Crippen LogP contribution in [0, 0.1) is 0 Å². The van der Waals surface area contributed by atoms with Crippen molar-refractivity contribution < 1.29 is 14.7 Å². The minimum atomic E-state index is -0.986. The van der Waals surface area contributed by atoms with Crippen LogP contribution in [0.25, 0.3) is 0 Å². The molecule has 1 amide bonds. The molecular formula is C15H20N2O3. The highest BCUT2D eigenvalue weighted by atomic mass is 16.4. The number of carbonyl (C=O) groups excluding carboxylic acids is 1. The zero-order chi connectivity index (χ0) is 14.7. The Morgan fingerprint density at radius 2 is 2.00 bits per heavy atom. The summed E-state index contributed by atoms with van der Waals surface area (Å²) in [5, 5.41) is 9.13. The quantitative estimate of drug-likeness (QED) is 0.897. The van der Waals surface area contributed by atoms with E-state index in [0.717, 1.165) is 6.54 Å². The number of rotatable bonds is 3. The Morgan fingerprint density at radius 1 is 1.30 bits per heavy atom. The maximum Gasteiger partial charge on any atom is 0.335 e. The van der Waals surface area contributed by atoms with Crippen LogP contribution in [0.3, 0.4) is 0 Å². The predicted molar refractivity (Wildman–Crippen MR) is 75.8 cm³/mol. The average molecular weight is 276 g/mol. The van der Waals surface area contributed by atoms with Gasteiger partial charge in [-0.15, -0.1) is 0 Å². The van der Waals surface area contributed by atoms with Crippen molar-refractivity contribution in [1.82, 2.24) is 9.80 Å². The fourth-order valence-electron chi connectivity index (χ4n) is 2.43. The largest absolute Gasteiger partial charge is 0.478 e. The zero-order valence-electron chi connectivity index (χ0n) is 11.9. The number of piperazine rings is 1. The van der Waals surface area contributed by atoms with E-state index in [4.69, 9.17) is 5.11 Å². The van der Waals surface area contributed by atoms with E-state index in [1.54, 1.807) is 18.2 Å². The molecule has 5 heteroatoms. The van der Waals surface area contributed by atoms with Crippen LogP contribution in [-0.4, -0.2) is 59.5 Å². The molecule has 1 aliphatic heterocycles. The average Bonchev–Trinajstić information content (AvgIpc) is 2.42. The molecule has 1 fully saturated rings. The highest BCUT2D eigenvalue weighted by Crippen LogP contribution is 2.13. The van der Waals surface area contributed by atoms with Crippen molar-refractivity contribution >= 4 is 11.9 Å². The molecule has 0 radical (unpaired) electrons. The van der Waals surface area contributed by atoms with Gasteiger partial charge in [-0.25, -0.2) is 4.79 Å². The van der Waals surface area contributed by atoms with E-state index in [1.807, 2.05) is 11.9 Å². The summed E-state index contributed by atoms with van der Waals surface area (Å²) in [6, 6.07) is 7.03. The van der Waals surface area contributed by atoms with Gasteiger partial charge in [0, 0.05) is 25.7 Å². The maximum absolute atomic E-state index is 12.3. The summed E-state index contributed by atoms with van der Waals surface area (Å²) in [5.41, 5.74) is 0.791. The van der Waals surface area contributed by atoms with Crippen LogP contribution in [0.5, 0.6) is 0 Å². The Hall–Kier alpha value is -1.88. The second-order valence-corrected chi connectivity index (χ2v) is 5.31. The third-order valence-corrected chi connectivity index (χ3v) is 3.90. The van der Waals surface area contributed by atoms with Gasteiger partial charge in [-0.2, -0.15) is 0 Å². The summed E-state index contributed by atoms with van der Waals surface area (Å²) >= 11 is 0. The van der Waals surface area contributed by atoms with E-state index >= 15 is 0 Å². The molecule has 1 N–H and O–H groups in total. The summed E-state index contributed by atoms with van der Waals surface area (Å²) in [6.07, 6.45) is 0.152. The first kappa shape index (κ1) is 14.5. The lowest BCUT2D eigenvalue weighted by Gasteiger charge is -2.37. The van der Waals surface area contributed by atoms with E-state index in [1.165, 1.54) is 6.07 Å². The topological polar surface area (TPSA) is 60.9 Å². The maximum atomic E-state index is 12.3. The fourth-order valence-corrected chi connectivity index (χ4v) is 2.43. The second-order valence-electron chi connectivity index (χ2n) is 5.31. The minimum Gasteiger partial charge on any atom is -0.478 e. The molecule has 1 aromatic carbocycles. The number of carboxylic acid groups (broad SMARTS) is 1. The van der Waals surface area contributed by atoms with Crippen LogP contribution in [0.15, 0.2) is 24.3 Å². The molecule has 0 aliphatic carbocycles. The van der Waals surface area contributed by atoms with Gasteiger partial charge in [0.2, 0.25) is 5.91 Å². The molecule has 108 valence electrons. The number of aromatic carboxylic acids is 1. The van der Waals surface area contributed by atoms with Crippen LogP contribution < -0.4 is 0 Å². The van der Waals surface area contributed by atoms with Gasteiger partial charge in [0.1, 0.15) is 0 Å². The number of benzene rings is 1. The van der Waals surface area contributed by atoms with Crippen LogP contribution in [0.1, 0.15) is 22.8 Å². The second kappa shape index (κ2) is 6.05. The molecule has 1 saturated heterocycles. The number of hydrogen-bond donors (Lipinski definition) is 1. The lowest BCUT2D eigenvalue weighted by Crippen LogP contribution is -2.52. The molecule has 0 bridgehead atoms. The highest BCUT2D eigenvalue weighted by Gasteiger charge is 2.25. The number of carboxylic acids is 1. The lowest BCUT2D eigenvalue weighted by atomic mass is 10.0. The van der Waals surface area contributed by atoms with Gasteiger partial charge < -0.3 is 14.9 Å². The first-order chi connectivity index (χ1) is 9.49. The SMILES string of the molecule is CC1CN(C(=O)Cc2ccccc2C(=O)O)CCN1C. The van der Waals surface area contributed by atoms with Crippen molar-refractivity contribution in [2.24, 2.45) is 0 Å². The lowest BCUT2D eigenvalue weighted by molar-refractivity contribution is -0.133. The minimum absolute atomic E-state index is 0.00125. The number of nitrogens with zero attached hydrogens (tertiary/aromatic N) is 2. The highest BCUT2D eigenvalue weighted by molar-refractivity contribution is 5.91. The molecule has 5 nitrogen and oxygen atoms in total. The van der Waals surface area contributed by atoms with Crippen molar-refractivity contribution in [2.45, 2.75) is 19.4 Å². The molecule has 2 rings (SSSR count). The Kier molecular flexibility index (Phi) is 4.39. The van der Waals surface area contributed by atoms with Gasteiger partial charge in [-0.1, -0.05) is 18.2 Å². The van der Waals surface area contributed by atoms with Crippen molar-refractivity contribution in [3.63, 3.8) is 0 Å². The molecule has 0 saturated carbocycles. The smallest absolute Gasteiger partial charge is 0.335 e. The molecule has 0 aromatic heterocycles. The summed E-state index contributed by atoms with van der Waals surface area (Å²) < 4.78 is 0. The van der Waals surface area contributed by atoms with Crippen molar-refractivity contribution in [3.05, 3.63) is 35.4 Å². The van der Waals surface area contributed by atoms with E-state index < -0.39 is 5.97 Å². The Morgan fingerprint density at radius 3 is 2.65 bits per heavy atom. The van der Waals surface area contributed by atoms with Gasteiger partial charge in [-0.3, -0.25) is 4.79 Å². The fraction of sp³-hybridized carbons (Fsp3) is 0.467. The zero-order valence-corrected chi connectivity index (χ0v) is 11.9. The normalized spacial score (nSPS) is 19.9. The van der Waals surface area contributed by atoms with Gasteiger partial charge >= 0.3 is 5.97 Å².